The van der Waals surface area contributed by atoms with E-state index >= 15 is 0 Å². The Morgan fingerprint density at radius 2 is 1.15 bits per heavy atom. The second kappa shape index (κ2) is 13.0. The lowest BCUT2D eigenvalue weighted by atomic mass is 9.76. The highest BCUT2D eigenvalue weighted by atomic mass is 16.5. The summed E-state index contributed by atoms with van der Waals surface area (Å²) in [5, 5.41) is 5.06. The SMILES string of the molecule is CC1C(n2c3ccccc3c3cc(-n4c5ccccc5c5ccccc54)ccc32)=CC(C2=CCC3(C)Oc4ccc(-c5ccccc5)cc4C3=C2)=CC1c1ccccc1. The van der Waals surface area contributed by atoms with Crippen LogP contribution in [0.3, 0.4) is 0 Å². The Hall–Kier alpha value is -7.10. The van der Waals surface area contributed by atoms with Crippen molar-refractivity contribution < 1.29 is 4.74 Å². The molecular weight excluding hydrogens is 717 g/mol. The van der Waals surface area contributed by atoms with E-state index in [1.54, 1.807) is 0 Å². The van der Waals surface area contributed by atoms with Crippen LogP contribution in [0.4, 0.5) is 0 Å². The fourth-order valence-electron chi connectivity index (χ4n) is 10.3. The van der Waals surface area contributed by atoms with Crippen LogP contribution in [0.15, 0.2) is 205 Å². The Kier molecular flexibility index (Phi) is 7.46. The summed E-state index contributed by atoms with van der Waals surface area (Å²) in [6.07, 6.45) is 10.6. The molecule has 59 heavy (non-hydrogen) atoms. The van der Waals surface area contributed by atoms with E-state index in [2.05, 4.69) is 217 Å². The smallest absolute Gasteiger partial charge is 0.135 e. The van der Waals surface area contributed by atoms with E-state index in [0.717, 1.165) is 12.2 Å². The maximum absolute atomic E-state index is 6.74. The molecule has 12 rings (SSSR count). The van der Waals surface area contributed by atoms with E-state index in [1.165, 1.54) is 94.0 Å². The third-order valence-electron chi connectivity index (χ3n) is 13.2. The average Bonchev–Trinajstić information content (AvgIpc) is 3.91. The molecule has 3 heteroatoms. The van der Waals surface area contributed by atoms with Crippen LogP contribution in [0, 0.1) is 5.92 Å². The van der Waals surface area contributed by atoms with E-state index in [1.807, 2.05) is 0 Å². The molecule has 0 radical (unpaired) electrons. The highest BCUT2D eigenvalue weighted by molar-refractivity contribution is 6.13. The van der Waals surface area contributed by atoms with Gasteiger partial charge in [-0.2, -0.15) is 0 Å². The van der Waals surface area contributed by atoms with Gasteiger partial charge in [0.05, 0.1) is 22.1 Å². The fourth-order valence-corrected chi connectivity index (χ4v) is 10.3. The summed E-state index contributed by atoms with van der Waals surface area (Å²) in [6, 6.07) is 61.9. The molecule has 0 amide bonds. The molecule has 3 unspecified atom stereocenters. The van der Waals surface area contributed by atoms with Crippen molar-refractivity contribution in [1.29, 1.82) is 0 Å². The second-order valence-corrected chi connectivity index (χ2v) is 16.7. The number of aromatic nitrogens is 2. The number of hydrogen-bond acceptors (Lipinski definition) is 1. The zero-order chi connectivity index (χ0) is 39.2. The lowest BCUT2D eigenvalue weighted by Crippen LogP contribution is -2.30. The third-order valence-corrected chi connectivity index (χ3v) is 13.2. The molecule has 0 fully saturated rings. The molecule has 0 bridgehead atoms. The van der Waals surface area contributed by atoms with Gasteiger partial charge < -0.3 is 13.9 Å². The zero-order valence-corrected chi connectivity index (χ0v) is 33.1. The molecule has 0 N–H and O–H groups in total. The van der Waals surface area contributed by atoms with Crippen LogP contribution in [0.2, 0.25) is 0 Å². The number of hydrogen-bond donors (Lipinski definition) is 0. The normalized spacial score (nSPS) is 19.9. The lowest BCUT2D eigenvalue weighted by Gasteiger charge is -2.33. The molecule has 282 valence electrons. The summed E-state index contributed by atoms with van der Waals surface area (Å²) < 4.78 is 11.7. The van der Waals surface area contributed by atoms with Gasteiger partial charge in [-0.25, -0.2) is 0 Å². The van der Waals surface area contributed by atoms with Crippen molar-refractivity contribution in [3.8, 4) is 22.6 Å². The largest absolute Gasteiger partial charge is 0.482 e. The van der Waals surface area contributed by atoms with Gasteiger partial charge in [-0.15, -0.1) is 0 Å². The molecule has 3 nitrogen and oxygen atoms in total. The van der Waals surface area contributed by atoms with Crippen LogP contribution < -0.4 is 4.74 Å². The predicted molar refractivity (Wildman–Crippen MR) is 246 cm³/mol. The van der Waals surface area contributed by atoms with Crippen LogP contribution in [0.25, 0.3) is 71.7 Å². The standard InChI is InChI=1S/C56H42N2O/c1-36-46(38-17-7-4-8-18-38)32-41(40-29-30-56(2)49(33-40)48-31-39(25-28-55(48)59-56)37-15-5-3-6-16-37)34-54(36)58-52-24-14-11-21-45(52)47-35-42(26-27-53(47)58)57-50-22-12-9-19-43(50)44-20-10-13-23-51(44)57/h3-29,31-36,46H,30H2,1-2H3. The minimum atomic E-state index is -0.407. The Balaban J connectivity index is 1.03. The molecule has 7 aromatic carbocycles. The quantitative estimate of drug-likeness (QED) is 0.171. The highest BCUT2D eigenvalue weighted by Gasteiger charge is 2.42. The van der Waals surface area contributed by atoms with E-state index < -0.39 is 5.60 Å². The number of rotatable bonds is 5. The Morgan fingerprint density at radius 1 is 0.542 bits per heavy atom. The van der Waals surface area contributed by atoms with Gasteiger partial charge in [0.15, 0.2) is 0 Å². The van der Waals surface area contributed by atoms with Gasteiger partial charge in [0, 0.05) is 62.3 Å². The van der Waals surface area contributed by atoms with Crippen molar-refractivity contribution in [2.75, 3.05) is 0 Å². The van der Waals surface area contributed by atoms with E-state index in [0.29, 0.717) is 0 Å². The zero-order valence-electron chi connectivity index (χ0n) is 33.1. The van der Waals surface area contributed by atoms with E-state index in [-0.39, 0.29) is 11.8 Å². The summed E-state index contributed by atoms with van der Waals surface area (Å²) in [5.74, 6) is 1.36. The topological polar surface area (TPSA) is 19.1 Å². The van der Waals surface area contributed by atoms with Gasteiger partial charge >= 0.3 is 0 Å². The van der Waals surface area contributed by atoms with Crippen molar-refractivity contribution in [2.24, 2.45) is 5.92 Å². The lowest BCUT2D eigenvalue weighted by molar-refractivity contribution is 0.170. The summed E-state index contributed by atoms with van der Waals surface area (Å²) in [6.45, 7) is 4.65. The van der Waals surface area contributed by atoms with Gasteiger partial charge in [0.25, 0.3) is 0 Å². The first-order valence-corrected chi connectivity index (χ1v) is 20.8. The number of ether oxygens (including phenoxy) is 1. The molecular formula is C56H42N2O. The van der Waals surface area contributed by atoms with Crippen molar-refractivity contribution >= 4 is 54.9 Å². The first-order chi connectivity index (χ1) is 29.0. The van der Waals surface area contributed by atoms with Crippen molar-refractivity contribution in [1.82, 2.24) is 9.13 Å². The number of fused-ring (bicyclic) bond motifs is 9. The number of nitrogens with zero attached hydrogens (tertiary/aromatic N) is 2. The molecule has 3 aliphatic rings. The summed E-state index contributed by atoms with van der Waals surface area (Å²) in [7, 11) is 0. The van der Waals surface area contributed by atoms with Gasteiger partial charge in [0.2, 0.25) is 0 Å². The summed E-state index contributed by atoms with van der Waals surface area (Å²) in [5.41, 5.74) is 15.6. The van der Waals surface area contributed by atoms with E-state index in [4.69, 9.17) is 4.74 Å². The predicted octanol–water partition coefficient (Wildman–Crippen LogP) is 14.3. The van der Waals surface area contributed by atoms with Gasteiger partial charge in [-0.3, -0.25) is 0 Å². The molecule has 9 aromatic rings. The molecule has 3 heterocycles. The number of benzene rings is 7. The van der Waals surface area contributed by atoms with Gasteiger partial charge in [-0.05, 0) is 95.4 Å². The van der Waals surface area contributed by atoms with Crippen LogP contribution in [0.5, 0.6) is 5.75 Å². The molecule has 1 aliphatic heterocycles. The molecule has 0 saturated heterocycles. The van der Waals surface area contributed by atoms with E-state index in [9.17, 15) is 0 Å². The Labute approximate surface area is 344 Å². The first kappa shape index (κ1) is 34.0. The van der Waals surface area contributed by atoms with Crippen LogP contribution in [-0.4, -0.2) is 14.7 Å². The first-order valence-electron chi connectivity index (χ1n) is 20.8. The fraction of sp³-hybridized carbons (Fsp3) is 0.107. The summed E-state index contributed by atoms with van der Waals surface area (Å²) in [4.78, 5) is 0. The Morgan fingerprint density at radius 3 is 1.86 bits per heavy atom. The summed E-state index contributed by atoms with van der Waals surface area (Å²) >= 11 is 0. The average molecular weight is 759 g/mol. The minimum absolute atomic E-state index is 0.184. The van der Waals surface area contributed by atoms with Crippen LogP contribution in [-0.2, 0) is 0 Å². The van der Waals surface area contributed by atoms with Gasteiger partial charge in [0.1, 0.15) is 11.4 Å². The monoisotopic (exact) mass is 758 g/mol. The van der Waals surface area contributed by atoms with Crippen molar-refractivity contribution in [2.45, 2.75) is 31.8 Å². The highest BCUT2D eigenvalue weighted by Crippen LogP contribution is 2.52. The second-order valence-electron chi connectivity index (χ2n) is 16.7. The number of allylic oxidation sites excluding steroid dienone is 6. The third kappa shape index (κ3) is 5.21. The molecule has 2 aliphatic carbocycles. The van der Waals surface area contributed by atoms with Crippen molar-refractivity contribution in [3.63, 3.8) is 0 Å². The number of para-hydroxylation sites is 3. The molecule has 2 aromatic heterocycles. The van der Waals surface area contributed by atoms with Crippen molar-refractivity contribution in [3.05, 3.63) is 216 Å². The van der Waals surface area contributed by atoms with Gasteiger partial charge in [-0.1, -0.05) is 140 Å². The molecule has 3 atom stereocenters. The maximum atomic E-state index is 6.74. The van der Waals surface area contributed by atoms with Crippen LogP contribution >= 0.6 is 0 Å². The Bertz CT molecular complexity index is 3250. The molecule has 0 saturated carbocycles. The molecule has 0 spiro atoms. The van der Waals surface area contributed by atoms with Crippen LogP contribution in [0.1, 0.15) is 37.3 Å². The maximum Gasteiger partial charge on any atom is 0.135 e. The minimum Gasteiger partial charge on any atom is -0.482 e.